The maximum atomic E-state index is 12.1. The largest absolute Gasteiger partial charge is 0.322 e. The Kier molecular flexibility index (Phi) is 2.38. The maximum Gasteiger partial charge on any atom is 0.248 e. The van der Waals surface area contributed by atoms with Crippen LogP contribution in [0.5, 0.6) is 0 Å². The van der Waals surface area contributed by atoms with E-state index in [1.165, 1.54) is 0 Å². The van der Waals surface area contributed by atoms with Gasteiger partial charge in [-0.1, -0.05) is 6.07 Å². The topological polar surface area (TPSA) is 61.4 Å². The highest BCUT2D eigenvalue weighted by molar-refractivity contribution is 6.13. The van der Waals surface area contributed by atoms with Crippen LogP contribution in [-0.4, -0.2) is 30.9 Å². The van der Waals surface area contributed by atoms with Gasteiger partial charge in [-0.3, -0.25) is 14.5 Å². The number of nitrogens with zero attached hydrogens (tertiary/aromatic N) is 1. The predicted octanol–water partition coefficient (Wildman–Crippen LogP) is 0.560. The third-order valence-corrected chi connectivity index (χ3v) is 3.70. The Labute approximate surface area is 105 Å². The maximum absolute atomic E-state index is 12.1. The van der Waals surface area contributed by atoms with E-state index in [4.69, 9.17) is 0 Å². The Bertz CT molecular complexity index is 553. The number of anilines is 2. The van der Waals surface area contributed by atoms with E-state index < -0.39 is 6.04 Å². The molecule has 0 radical (unpaired) electrons. The van der Waals surface area contributed by atoms with Crippen LogP contribution < -0.4 is 15.5 Å². The first-order valence-electron chi connectivity index (χ1n) is 6.03. The van der Waals surface area contributed by atoms with E-state index in [1.54, 1.807) is 4.90 Å². The van der Waals surface area contributed by atoms with Crippen molar-refractivity contribution < 1.29 is 9.59 Å². The first-order chi connectivity index (χ1) is 8.59. The Balaban J connectivity index is 2.20. The number of amides is 2. The lowest BCUT2D eigenvalue weighted by atomic mass is 9.99. The molecule has 0 spiro atoms. The molecule has 18 heavy (non-hydrogen) atoms. The van der Waals surface area contributed by atoms with Crippen molar-refractivity contribution in [2.45, 2.75) is 19.9 Å². The van der Waals surface area contributed by atoms with Gasteiger partial charge in [0.15, 0.2) is 0 Å². The monoisotopic (exact) mass is 245 g/mol. The SMILES string of the molecule is Cc1ccc2c(c1C)N1C(=O)CNCC1C(=O)N2. The zero-order valence-corrected chi connectivity index (χ0v) is 10.4. The molecule has 2 aliphatic heterocycles. The molecule has 1 fully saturated rings. The summed E-state index contributed by atoms with van der Waals surface area (Å²) >= 11 is 0. The Morgan fingerprint density at radius 2 is 2.06 bits per heavy atom. The fraction of sp³-hybridized carbons (Fsp3) is 0.385. The standard InChI is InChI=1S/C13H15N3O2/c1-7-3-4-9-12(8(7)2)16-10(13(18)15-9)5-14-6-11(16)17/h3-4,10,14H,5-6H2,1-2H3,(H,15,18). The number of hydrogen-bond donors (Lipinski definition) is 2. The lowest BCUT2D eigenvalue weighted by Crippen LogP contribution is -2.61. The third kappa shape index (κ3) is 1.44. The van der Waals surface area contributed by atoms with Gasteiger partial charge in [-0.15, -0.1) is 0 Å². The van der Waals surface area contributed by atoms with Gasteiger partial charge < -0.3 is 10.6 Å². The zero-order chi connectivity index (χ0) is 12.9. The number of piperazine rings is 1. The predicted molar refractivity (Wildman–Crippen MR) is 68.7 cm³/mol. The summed E-state index contributed by atoms with van der Waals surface area (Å²) in [6, 6.07) is 3.39. The Morgan fingerprint density at radius 1 is 1.28 bits per heavy atom. The molecule has 2 heterocycles. The number of benzene rings is 1. The second-order valence-corrected chi connectivity index (χ2v) is 4.80. The fourth-order valence-electron chi connectivity index (χ4n) is 2.58. The van der Waals surface area contributed by atoms with Gasteiger partial charge in [0.2, 0.25) is 11.8 Å². The number of nitrogens with one attached hydrogen (secondary N) is 2. The molecule has 2 N–H and O–H groups in total. The van der Waals surface area contributed by atoms with Gasteiger partial charge in [0, 0.05) is 6.54 Å². The molecule has 1 aromatic rings. The smallest absolute Gasteiger partial charge is 0.248 e. The lowest BCUT2D eigenvalue weighted by molar-refractivity contribution is -0.124. The van der Waals surface area contributed by atoms with E-state index in [0.717, 1.165) is 22.5 Å². The van der Waals surface area contributed by atoms with Crippen molar-refractivity contribution in [1.29, 1.82) is 0 Å². The van der Waals surface area contributed by atoms with Crippen LogP contribution in [0.3, 0.4) is 0 Å². The Hall–Kier alpha value is -1.88. The van der Waals surface area contributed by atoms with Crippen LogP contribution in [0, 0.1) is 13.8 Å². The van der Waals surface area contributed by atoms with E-state index in [0.29, 0.717) is 6.54 Å². The minimum Gasteiger partial charge on any atom is -0.322 e. The van der Waals surface area contributed by atoms with E-state index in [-0.39, 0.29) is 18.4 Å². The van der Waals surface area contributed by atoms with Crippen molar-refractivity contribution in [2.24, 2.45) is 0 Å². The average molecular weight is 245 g/mol. The van der Waals surface area contributed by atoms with Crippen molar-refractivity contribution in [2.75, 3.05) is 23.3 Å². The lowest BCUT2D eigenvalue weighted by Gasteiger charge is -2.40. The summed E-state index contributed by atoms with van der Waals surface area (Å²) < 4.78 is 0. The van der Waals surface area contributed by atoms with Gasteiger partial charge in [-0.2, -0.15) is 0 Å². The molecular weight excluding hydrogens is 230 g/mol. The fourth-order valence-corrected chi connectivity index (χ4v) is 2.58. The molecule has 1 saturated heterocycles. The molecule has 1 unspecified atom stereocenters. The first kappa shape index (κ1) is 11.2. The molecular formula is C13H15N3O2. The molecule has 94 valence electrons. The van der Waals surface area contributed by atoms with Crippen LogP contribution in [0.1, 0.15) is 11.1 Å². The van der Waals surface area contributed by atoms with E-state index in [2.05, 4.69) is 10.6 Å². The quantitative estimate of drug-likeness (QED) is 0.702. The Morgan fingerprint density at radius 3 is 2.83 bits per heavy atom. The summed E-state index contributed by atoms with van der Waals surface area (Å²) in [7, 11) is 0. The number of fused-ring (bicyclic) bond motifs is 3. The molecule has 2 amide bonds. The highest BCUT2D eigenvalue weighted by atomic mass is 16.2. The average Bonchev–Trinajstić information content (AvgIpc) is 2.35. The van der Waals surface area contributed by atoms with Crippen LogP contribution in [0.15, 0.2) is 12.1 Å². The van der Waals surface area contributed by atoms with Crippen molar-refractivity contribution in [3.63, 3.8) is 0 Å². The molecule has 0 saturated carbocycles. The second kappa shape index (κ2) is 3.81. The van der Waals surface area contributed by atoms with Crippen LogP contribution >= 0.6 is 0 Å². The number of rotatable bonds is 0. The normalized spacial score (nSPS) is 22.3. The molecule has 1 aromatic carbocycles. The highest BCUT2D eigenvalue weighted by Crippen LogP contribution is 2.37. The molecule has 0 bridgehead atoms. The van der Waals surface area contributed by atoms with Crippen LogP contribution in [-0.2, 0) is 9.59 Å². The van der Waals surface area contributed by atoms with Crippen molar-refractivity contribution in [3.05, 3.63) is 23.3 Å². The summed E-state index contributed by atoms with van der Waals surface area (Å²) in [6.45, 7) is 4.78. The van der Waals surface area contributed by atoms with Crippen LogP contribution in [0.25, 0.3) is 0 Å². The van der Waals surface area contributed by atoms with E-state index in [1.807, 2.05) is 26.0 Å². The summed E-state index contributed by atoms with van der Waals surface area (Å²) in [5, 5.41) is 5.85. The third-order valence-electron chi connectivity index (χ3n) is 3.70. The molecule has 5 nitrogen and oxygen atoms in total. The van der Waals surface area contributed by atoms with Crippen LogP contribution in [0.2, 0.25) is 0 Å². The molecule has 0 aliphatic carbocycles. The molecule has 1 atom stereocenters. The second-order valence-electron chi connectivity index (χ2n) is 4.80. The van der Waals surface area contributed by atoms with Crippen molar-refractivity contribution in [3.8, 4) is 0 Å². The zero-order valence-electron chi connectivity index (χ0n) is 10.4. The van der Waals surface area contributed by atoms with Gasteiger partial charge in [0.1, 0.15) is 6.04 Å². The minimum atomic E-state index is -0.431. The van der Waals surface area contributed by atoms with Crippen LogP contribution in [0.4, 0.5) is 11.4 Å². The molecule has 5 heteroatoms. The minimum absolute atomic E-state index is 0.0453. The van der Waals surface area contributed by atoms with E-state index in [9.17, 15) is 9.59 Å². The number of hydrogen-bond acceptors (Lipinski definition) is 3. The van der Waals surface area contributed by atoms with Crippen molar-refractivity contribution in [1.82, 2.24) is 5.32 Å². The molecule has 2 aliphatic rings. The number of carbonyl (C=O) groups is 2. The van der Waals surface area contributed by atoms with Crippen molar-refractivity contribution >= 4 is 23.2 Å². The van der Waals surface area contributed by atoms with Gasteiger partial charge in [0.25, 0.3) is 0 Å². The summed E-state index contributed by atoms with van der Waals surface area (Å²) in [5.74, 6) is -0.164. The van der Waals surface area contributed by atoms with Gasteiger partial charge in [0.05, 0.1) is 17.9 Å². The molecule has 0 aromatic heterocycles. The summed E-state index contributed by atoms with van der Waals surface area (Å²) in [4.78, 5) is 25.7. The molecule has 3 rings (SSSR count). The first-order valence-corrected chi connectivity index (χ1v) is 6.03. The summed E-state index contributed by atoms with van der Waals surface area (Å²) in [6.07, 6.45) is 0. The highest BCUT2D eigenvalue weighted by Gasteiger charge is 2.39. The number of aryl methyl sites for hydroxylation is 1. The van der Waals surface area contributed by atoms with Gasteiger partial charge >= 0.3 is 0 Å². The number of carbonyl (C=O) groups excluding carboxylic acids is 2. The van der Waals surface area contributed by atoms with Gasteiger partial charge in [-0.05, 0) is 31.0 Å². The summed E-state index contributed by atoms with van der Waals surface area (Å²) in [5.41, 5.74) is 3.75. The van der Waals surface area contributed by atoms with Gasteiger partial charge in [-0.25, -0.2) is 0 Å². The van der Waals surface area contributed by atoms with E-state index >= 15 is 0 Å².